The topological polar surface area (TPSA) is 42.4 Å². The Morgan fingerprint density at radius 1 is 1.50 bits per heavy atom. The van der Waals surface area contributed by atoms with Gasteiger partial charge in [-0.05, 0) is 52.3 Å². The van der Waals surface area contributed by atoms with Gasteiger partial charge in [-0.2, -0.15) is 0 Å². The molecule has 90 valence electrons. The van der Waals surface area contributed by atoms with E-state index in [9.17, 15) is 0 Å². The van der Waals surface area contributed by atoms with Crippen molar-refractivity contribution < 1.29 is 4.42 Å². The highest BCUT2D eigenvalue weighted by Gasteiger charge is 2.37. The minimum Gasteiger partial charge on any atom is -0.465 e. The maximum Gasteiger partial charge on any atom is 0.122 e. The summed E-state index contributed by atoms with van der Waals surface area (Å²) < 4.78 is 5.72. The van der Waals surface area contributed by atoms with E-state index < -0.39 is 0 Å². The van der Waals surface area contributed by atoms with Gasteiger partial charge in [0, 0.05) is 12.1 Å². The fourth-order valence-corrected chi connectivity index (χ4v) is 2.74. The van der Waals surface area contributed by atoms with Crippen molar-refractivity contribution in [3.63, 3.8) is 0 Å². The molecule has 0 bridgehead atoms. The van der Waals surface area contributed by atoms with Crippen LogP contribution in [0.25, 0.3) is 0 Å². The number of rotatable bonds is 3. The third-order valence-electron chi connectivity index (χ3n) is 3.65. The molecular formula is C13H22N2O. The van der Waals surface area contributed by atoms with Crippen molar-refractivity contribution in [2.45, 2.75) is 45.2 Å². The first-order valence-electron chi connectivity index (χ1n) is 6.08. The zero-order chi connectivity index (χ0) is 11.8. The van der Waals surface area contributed by atoms with Crippen LogP contribution in [0.3, 0.4) is 0 Å². The highest BCUT2D eigenvalue weighted by Crippen LogP contribution is 2.36. The first kappa shape index (κ1) is 11.7. The van der Waals surface area contributed by atoms with E-state index in [1.54, 1.807) is 0 Å². The average molecular weight is 222 g/mol. The van der Waals surface area contributed by atoms with Crippen molar-refractivity contribution in [3.8, 4) is 0 Å². The van der Waals surface area contributed by atoms with Crippen LogP contribution in [0.5, 0.6) is 0 Å². The molecule has 1 unspecified atom stereocenters. The highest BCUT2D eigenvalue weighted by atomic mass is 16.3. The van der Waals surface area contributed by atoms with Crippen LogP contribution in [0.1, 0.15) is 44.3 Å². The number of hydrogen-bond donors (Lipinski definition) is 1. The van der Waals surface area contributed by atoms with Gasteiger partial charge in [0.2, 0.25) is 0 Å². The van der Waals surface area contributed by atoms with E-state index in [4.69, 9.17) is 10.2 Å². The highest BCUT2D eigenvalue weighted by molar-refractivity contribution is 5.12. The molecule has 2 rings (SSSR count). The first-order valence-corrected chi connectivity index (χ1v) is 6.08. The van der Waals surface area contributed by atoms with Crippen molar-refractivity contribution in [1.82, 2.24) is 4.90 Å². The Morgan fingerprint density at radius 2 is 2.25 bits per heavy atom. The summed E-state index contributed by atoms with van der Waals surface area (Å²) >= 11 is 0. The van der Waals surface area contributed by atoms with Crippen LogP contribution in [0, 0.1) is 6.92 Å². The minimum atomic E-state index is 0.228. The van der Waals surface area contributed by atoms with Crippen molar-refractivity contribution in [3.05, 3.63) is 23.7 Å². The molecule has 16 heavy (non-hydrogen) atoms. The molecule has 2 N–H and O–H groups in total. The molecule has 2 heterocycles. The largest absolute Gasteiger partial charge is 0.465 e. The molecule has 0 saturated carbocycles. The van der Waals surface area contributed by atoms with Gasteiger partial charge in [0.1, 0.15) is 11.5 Å². The van der Waals surface area contributed by atoms with Gasteiger partial charge in [-0.25, -0.2) is 0 Å². The number of nitrogens with zero attached hydrogens (tertiary/aromatic N) is 1. The zero-order valence-electron chi connectivity index (χ0n) is 10.5. The molecule has 0 spiro atoms. The van der Waals surface area contributed by atoms with E-state index in [1.165, 1.54) is 12.8 Å². The molecular weight excluding hydrogens is 200 g/mol. The molecule has 1 aliphatic rings. The van der Waals surface area contributed by atoms with Crippen molar-refractivity contribution in [2.24, 2.45) is 5.73 Å². The lowest BCUT2D eigenvalue weighted by Gasteiger charge is -2.36. The van der Waals surface area contributed by atoms with Gasteiger partial charge >= 0.3 is 0 Å². The molecule has 1 aromatic heterocycles. The van der Waals surface area contributed by atoms with Gasteiger partial charge in [-0.15, -0.1) is 0 Å². The van der Waals surface area contributed by atoms with E-state index in [1.807, 2.05) is 13.0 Å². The van der Waals surface area contributed by atoms with Gasteiger partial charge in [0.05, 0.1) is 6.04 Å². The summed E-state index contributed by atoms with van der Waals surface area (Å²) in [7, 11) is 0. The van der Waals surface area contributed by atoms with E-state index in [0.717, 1.165) is 18.1 Å². The number of hydrogen-bond acceptors (Lipinski definition) is 3. The van der Waals surface area contributed by atoms with E-state index in [0.29, 0.717) is 6.54 Å². The van der Waals surface area contributed by atoms with E-state index >= 15 is 0 Å². The number of likely N-dealkylation sites (tertiary alicyclic amines) is 1. The fourth-order valence-electron chi connectivity index (χ4n) is 2.74. The summed E-state index contributed by atoms with van der Waals surface area (Å²) in [6, 6.07) is 4.30. The lowest BCUT2D eigenvalue weighted by Crippen LogP contribution is -2.43. The van der Waals surface area contributed by atoms with Crippen LogP contribution in [0.4, 0.5) is 0 Å². The predicted octanol–water partition coefficient (Wildman–Crippen LogP) is 2.46. The number of aryl methyl sites for hydroxylation is 1. The van der Waals surface area contributed by atoms with Gasteiger partial charge in [0.15, 0.2) is 0 Å². The number of nitrogens with two attached hydrogens (primary N) is 1. The quantitative estimate of drug-likeness (QED) is 0.854. The maximum absolute atomic E-state index is 5.91. The van der Waals surface area contributed by atoms with Crippen LogP contribution < -0.4 is 5.73 Å². The van der Waals surface area contributed by atoms with Gasteiger partial charge in [-0.3, -0.25) is 4.90 Å². The maximum atomic E-state index is 5.91. The lowest BCUT2D eigenvalue weighted by molar-refractivity contribution is 0.104. The molecule has 1 fully saturated rings. The fraction of sp³-hybridized carbons (Fsp3) is 0.692. The third-order valence-corrected chi connectivity index (χ3v) is 3.65. The molecule has 1 aromatic rings. The summed E-state index contributed by atoms with van der Waals surface area (Å²) in [5.74, 6) is 1.97. The average Bonchev–Trinajstić information content (AvgIpc) is 2.76. The Kier molecular flexibility index (Phi) is 3.08. The van der Waals surface area contributed by atoms with Gasteiger partial charge < -0.3 is 10.2 Å². The normalized spacial score (nSPS) is 22.5. The van der Waals surface area contributed by atoms with E-state index in [-0.39, 0.29) is 11.6 Å². The Morgan fingerprint density at radius 3 is 2.69 bits per heavy atom. The van der Waals surface area contributed by atoms with Gasteiger partial charge in [0.25, 0.3) is 0 Å². The van der Waals surface area contributed by atoms with Crippen molar-refractivity contribution >= 4 is 0 Å². The van der Waals surface area contributed by atoms with Gasteiger partial charge in [-0.1, -0.05) is 0 Å². The smallest absolute Gasteiger partial charge is 0.122 e. The molecule has 3 nitrogen and oxygen atoms in total. The SMILES string of the molecule is Cc1ccc(C(CN)N2CCCC2(C)C)o1. The molecule has 1 aliphatic heterocycles. The summed E-state index contributed by atoms with van der Waals surface area (Å²) in [5, 5.41) is 0. The molecule has 1 saturated heterocycles. The Labute approximate surface area is 97.6 Å². The monoisotopic (exact) mass is 222 g/mol. The second-order valence-corrected chi connectivity index (χ2v) is 5.31. The summed E-state index contributed by atoms with van der Waals surface area (Å²) in [4.78, 5) is 2.48. The summed E-state index contributed by atoms with van der Waals surface area (Å²) in [6.45, 7) is 8.30. The Bertz CT molecular complexity index is 357. The van der Waals surface area contributed by atoms with Crippen molar-refractivity contribution in [2.75, 3.05) is 13.1 Å². The van der Waals surface area contributed by atoms with Crippen LogP contribution in [-0.4, -0.2) is 23.5 Å². The predicted molar refractivity (Wildman–Crippen MR) is 65.3 cm³/mol. The molecule has 0 radical (unpaired) electrons. The second-order valence-electron chi connectivity index (χ2n) is 5.31. The molecule has 0 aliphatic carbocycles. The zero-order valence-corrected chi connectivity index (χ0v) is 10.5. The molecule has 0 aromatic carbocycles. The standard InChI is InChI=1S/C13H22N2O/c1-10-5-6-12(16-10)11(9-14)15-8-4-7-13(15,2)3/h5-6,11H,4,7-9,14H2,1-3H3. The second kappa shape index (κ2) is 4.22. The van der Waals surface area contributed by atoms with Crippen LogP contribution in [0.2, 0.25) is 0 Å². The van der Waals surface area contributed by atoms with Crippen LogP contribution in [-0.2, 0) is 0 Å². The van der Waals surface area contributed by atoms with Crippen molar-refractivity contribution in [1.29, 1.82) is 0 Å². The number of furan rings is 1. The summed E-state index contributed by atoms with van der Waals surface area (Å²) in [6.07, 6.45) is 2.49. The Hall–Kier alpha value is -0.800. The first-order chi connectivity index (χ1) is 7.54. The lowest BCUT2D eigenvalue weighted by atomic mass is 10.00. The minimum absolute atomic E-state index is 0.228. The third kappa shape index (κ3) is 2.02. The Balaban J connectivity index is 2.23. The molecule has 3 heteroatoms. The van der Waals surface area contributed by atoms with Crippen LogP contribution >= 0.6 is 0 Å². The molecule has 0 amide bonds. The summed E-state index contributed by atoms with van der Waals surface area (Å²) in [5.41, 5.74) is 6.15. The van der Waals surface area contributed by atoms with E-state index in [2.05, 4.69) is 24.8 Å². The van der Waals surface area contributed by atoms with Crippen LogP contribution in [0.15, 0.2) is 16.5 Å². The molecule has 1 atom stereocenters.